The molecule has 0 spiro atoms. The molecule has 1 unspecified atom stereocenters. The van der Waals surface area contributed by atoms with E-state index >= 15 is 0 Å². The lowest BCUT2D eigenvalue weighted by atomic mass is 9.63. The lowest BCUT2D eigenvalue weighted by molar-refractivity contribution is -0.160. The van der Waals surface area contributed by atoms with Gasteiger partial charge < -0.3 is 10.2 Å². The van der Waals surface area contributed by atoms with Gasteiger partial charge in [0, 0.05) is 5.41 Å². The number of rotatable bonds is 3. The molecule has 0 bridgehead atoms. The first kappa shape index (κ1) is 8.53. The number of carboxylic acids is 1. The largest absolute Gasteiger partial charge is 0.479 e. The third-order valence-corrected chi connectivity index (χ3v) is 2.87. The Morgan fingerprint density at radius 3 is 2.27 bits per heavy atom. The number of hydrogen-bond acceptors (Lipinski definition) is 2. The molecule has 3 nitrogen and oxygen atoms in total. The molecule has 1 aliphatic rings. The summed E-state index contributed by atoms with van der Waals surface area (Å²) in [7, 11) is 0. The summed E-state index contributed by atoms with van der Waals surface area (Å²) in [4.78, 5) is 10.4. The molecule has 11 heavy (non-hydrogen) atoms. The zero-order valence-electron chi connectivity index (χ0n) is 6.71. The lowest BCUT2D eigenvalue weighted by Gasteiger charge is -2.43. The third kappa shape index (κ3) is 1.25. The number of carboxylic acid groups (broad SMARTS) is 1. The van der Waals surface area contributed by atoms with E-state index in [-0.39, 0.29) is 5.41 Å². The molecule has 0 aromatic heterocycles. The first-order valence-electron chi connectivity index (χ1n) is 4.03. The molecule has 2 N–H and O–H groups in total. The summed E-state index contributed by atoms with van der Waals surface area (Å²) in [5, 5.41) is 17.9. The van der Waals surface area contributed by atoms with Crippen molar-refractivity contribution in [2.45, 2.75) is 38.7 Å². The van der Waals surface area contributed by atoms with E-state index in [2.05, 4.69) is 0 Å². The highest BCUT2D eigenvalue weighted by atomic mass is 16.4. The molecule has 0 aromatic rings. The summed E-state index contributed by atoms with van der Waals surface area (Å²) in [6, 6.07) is 0. The number of carbonyl (C=O) groups is 1. The topological polar surface area (TPSA) is 57.5 Å². The quantitative estimate of drug-likeness (QED) is 0.644. The zero-order valence-corrected chi connectivity index (χ0v) is 6.71. The maximum absolute atomic E-state index is 10.4. The molecule has 0 radical (unpaired) electrons. The third-order valence-electron chi connectivity index (χ3n) is 2.87. The summed E-state index contributed by atoms with van der Waals surface area (Å²) in [5.41, 5.74) is -0.300. The number of aliphatic hydroxyl groups excluding tert-OH is 1. The molecule has 1 fully saturated rings. The fourth-order valence-corrected chi connectivity index (χ4v) is 1.71. The second kappa shape index (κ2) is 2.81. The SMILES string of the molecule is CCC1(C(O)C(=O)O)CCC1. The molecule has 64 valence electrons. The van der Waals surface area contributed by atoms with Gasteiger partial charge in [-0.15, -0.1) is 0 Å². The van der Waals surface area contributed by atoms with E-state index in [9.17, 15) is 9.90 Å². The van der Waals surface area contributed by atoms with Crippen LogP contribution in [0.3, 0.4) is 0 Å². The second-order valence-corrected chi connectivity index (χ2v) is 3.31. The van der Waals surface area contributed by atoms with Gasteiger partial charge in [-0.2, -0.15) is 0 Å². The second-order valence-electron chi connectivity index (χ2n) is 3.31. The smallest absolute Gasteiger partial charge is 0.333 e. The van der Waals surface area contributed by atoms with E-state index < -0.39 is 12.1 Å². The van der Waals surface area contributed by atoms with Crippen LogP contribution in [-0.2, 0) is 4.79 Å². The van der Waals surface area contributed by atoms with Crippen LogP contribution in [0, 0.1) is 5.41 Å². The van der Waals surface area contributed by atoms with Crippen molar-refractivity contribution in [3.05, 3.63) is 0 Å². The Balaban J connectivity index is 2.61. The molecule has 0 aromatic carbocycles. The van der Waals surface area contributed by atoms with Crippen LogP contribution in [0.15, 0.2) is 0 Å². The van der Waals surface area contributed by atoms with Gasteiger partial charge in [0.15, 0.2) is 6.10 Å². The Morgan fingerprint density at radius 2 is 2.18 bits per heavy atom. The summed E-state index contributed by atoms with van der Waals surface area (Å²) in [5.74, 6) is -1.08. The van der Waals surface area contributed by atoms with Crippen molar-refractivity contribution in [1.82, 2.24) is 0 Å². The minimum atomic E-state index is -1.15. The molecule has 1 atom stereocenters. The number of aliphatic hydroxyl groups is 1. The standard InChI is InChI=1S/C8H14O3/c1-2-8(4-3-5-8)6(9)7(10)11/h6,9H,2-5H2,1H3,(H,10,11). The molecule has 1 saturated carbocycles. The average molecular weight is 158 g/mol. The van der Waals surface area contributed by atoms with Crippen LogP contribution in [0.1, 0.15) is 32.6 Å². The lowest BCUT2D eigenvalue weighted by Crippen LogP contribution is -2.45. The normalized spacial score (nSPS) is 23.8. The van der Waals surface area contributed by atoms with Gasteiger partial charge in [0.2, 0.25) is 0 Å². The Morgan fingerprint density at radius 1 is 1.64 bits per heavy atom. The van der Waals surface area contributed by atoms with Gasteiger partial charge in [-0.25, -0.2) is 4.79 Å². The fourth-order valence-electron chi connectivity index (χ4n) is 1.71. The van der Waals surface area contributed by atoms with Gasteiger partial charge in [0.1, 0.15) is 0 Å². The van der Waals surface area contributed by atoms with Crippen molar-refractivity contribution in [2.24, 2.45) is 5.41 Å². The van der Waals surface area contributed by atoms with Gasteiger partial charge in [-0.1, -0.05) is 13.3 Å². The van der Waals surface area contributed by atoms with E-state index in [1.165, 1.54) is 0 Å². The Hall–Kier alpha value is -0.570. The van der Waals surface area contributed by atoms with Crippen molar-refractivity contribution in [2.75, 3.05) is 0 Å². The molecule has 1 rings (SSSR count). The van der Waals surface area contributed by atoms with Gasteiger partial charge in [0.25, 0.3) is 0 Å². The highest BCUT2D eigenvalue weighted by molar-refractivity contribution is 5.73. The van der Waals surface area contributed by atoms with Crippen LogP contribution >= 0.6 is 0 Å². The predicted octanol–water partition coefficient (Wildman–Crippen LogP) is 1.01. The van der Waals surface area contributed by atoms with Crippen LogP contribution in [-0.4, -0.2) is 22.3 Å². The van der Waals surface area contributed by atoms with Gasteiger partial charge in [-0.3, -0.25) is 0 Å². The monoisotopic (exact) mass is 158 g/mol. The fraction of sp³-hybridized carbons (Fsp3) is 0.875. The highest BCUT2D eigenvalue weighted by Gasteiger charge is 2.45. The summed E-state index contributed by atoms with van der Waals surface area (Å²) in [6.07, 6.45) is 2.38. The highest BCUT2D eigenvalue weighted by Crippen LogP contribution is 2.46. The van der Waals surface area contributed by atoms with E-state index in [0.717, 1.165) is 25.7 Å². The molecule has 3 heteroatoms. The molecule has 0 heterocycles. The van der Waals surface area contributed by atoms with Crippen molar-refractivity contribution >= 4 is 5.97 Å². The van der Waals surface area contributed by atoms with Crippen molar-refractivity contribution in [3.8, 4) is 0 Å². The van der Waals surface area contributed by atoms with E-state index in [1.807, 2.05) is 6.92 Å². The Labute approximate surface area is 66.0 Å². The zero-order chi connectivity index (χ0) is 8.48. The van der Waals surface area contributed by atoms with Crippen LogP contribution in [0.4, 0.5) is 0 Å². The van der Waals surface area contributed by atoms with Crippen LogP contribution in [0.2, 0.25) is 0 Å². The molecular formula is C8H14O3. The maximum Gasteiger partial charge on any atom is 0.333 e. The first-order valence-corrected chi connectivity index (χ1v) is 4.03. The van der Waals surface area contributed by atoms with Gasteiger partial charge in [0.05, 0.1) is 0 Å². The van der Waals surface area contributed by atoms with Crippen molar-refractivity contribution in [3.63, 3.8) is 0 Å². The van der Waals surface area contributed by atoms with E-state index in [4.69, 9.17) is 5.11 Å². The van der Waals surface area contributed by atoms with Crippen molar-refractivity contribution < 1.29 is 15.0 Å². The number of aliphatic carboxylic acids is 1. The molecule has 0 aliphatic heterocycles. The first-order chi connectivity index (χ1) is 5.12. The summed E-state index contributed by atoms with van der Waals surface area (Å²) >= 11 is 0. The minimum absolute atomic E-state index is 0.300. The summed E-state index contributed by atoms with van der Waals surface area (Å²) < 4.78 is 0. The number of hydrogen-bond donors (Lipinski definition) is 2. The van der Waals surface area contributed by atoms with E-state index in [0.29, 0.717) is 0 Å². The Bertz CT molecular complexity index is 155. The van der Waals surface area contributed by atoms with Gasteiger partial charge in [-0.05, 0) is 19.3 Å². The minimum Gasteiger partial charge on any atom is -0.479 e. The van der Waals surface area contributed by atoms with Crippen molar-refractivity contribution in [1.29, 1.82) is 0 Å². The molecule has 0 amide bonds. The molecule has 1 aliphatic carbocycles. The Kier molecular flexibility index (Phi) is 2.18. The average Bonchev–Trinajstić information content (AvgIpc) is 1.86. The molecule has 0 saturated heterocycles. The maximum atomic E-state index is 10.4. The summed E-state index contributed by atoms with van der Waals surface area (Å²) in [6.45, 7) is 1.94. The van der Waals surface area contributed by atoms with Crippen LogP contribution < -0.4 is 0 Å². The predicted molar refractivity (Wildman–Crippen MR) is 40.2 cm³/mol. The van der Waals surface area contributed by atoms with Crippen LogP contribution in [0.5, 0.6) is 0 Å². The van der Waals surface area contributed by atoms with Gasteiger partial charge >= 0.3 is 5.97 Å². The van der Waals surface area contributed by atoms with E-state index in [1.54, 1.807) is 0 Å². The van der Waals surface area contributed by atoms with Crippen LogP contribution in [0.25, 0.3) is 0 Å². The molecular weight excluding hydrogens is 144 g/mol.